The molecule has 0 fully saturated rings. The molecule has 1 aliphatic heterocycles. The van der Waals surface area contributed by atoms with Crippen molar-refractivity contribution in [3.63, 3.8) is 0 Å². The highest BCUT2D eigenvalue weighted by Crippen LogP contribution is 2.35. The summed E-state index contributed by atoms with van der Waals surface area (Å²) in [5.74, 6) is 0.233. The number of nitro benzene ring substituents is 1. The van der Waals surface area contributed by atoms with Crippen LogP contribution in [-0.4, -0.2) is 37.1 Å². The Hall–Kier alpha value is -2.41. The first-order valence-corrected chi connectivity index (χ1v) is 6.62. The van der Waals surface area contributed by atoms with Gasteiger partial charge < -0.3 is 15.0 Å². The average molecular weight is 291 g/mol. The minimum atomic E-state index is -0.495. The van der Waals surface area contributed by atoms with Gasteiger partial charge >= 0.3 is 0 Å². The molecule has 0 spiro atoms. The van der Waals surface area contributed by atoms with E-state index in [1.54, 1.807) is 0 Å². The Morgan fingerprint density at radius 2 is 2.33 bits per heavy atom. The van der Waals surface area contributed by atoms with Crippen LogP contribution in [0.3, 0.4) is 0 Å². The maximum atomic E-state index is 12.0. The van der Waals surface area contributed by atoms with Crippen molar-refractivity contribution in [1.82, 2.24) is 5.32 Å². The van der Waals surface area contributed by atoms with Crippen LogP contribution in [0.15, 0.2) is 30.4 Å². The van der Waals surface area contributed by atoms with Crippen molar-refractivity contribution in [3.8, 4) is 5.75 Å². The van der Waals surface area contributed by atoms with Crippen molar-refractivity contribution >= 4 is 17.3 Å². The fraction of sp³-hybridized carbons (Fsp3) is 0.357. The summed E-state index contributed by atoms with van der Waals surface area (Å²) in [7, 11) is 0. The van der Waals surface area contributed by atoms with E-state index >= 15 is 0 Å². The molecule has 0 atom stereocenters. The molecule has 0 saturated heterocycles. The van der Waals surface area contributed by atoms with Crippen molar-refractivity contribution in [2.45, 2.75) is 6.92 Å². The number of benzene rings is 1. The number of carbonyl (C=O) groups is 1. The molecule has 1 aliphatic rings. The second-order valence-electron chi connectivity index (χ2n) is 4.71. The first-order valence-electron chi connectivity index (χ1n) is 6.62. The molecule has 0 radical (unpaired) electrons. The number of anilines is 1. The van der Waals surface area contributed by atoms with Gasteiger partial charge in [-0.05, 0) is 18.2 Å². The van der Waals surface area contributed by atoms with E-state index in [0.717, 1.165) is 12.1 Å². The number of non-ortho nitro benzene ring substituents is 1. The van der Waals surface area contributed by atoms with Crippen molar-refractivity contribution in [2.24, 2.45) is 0 Å². The topological polar surface area (TPSA) is 84.7 Å². The molecule has 7 heteroatoms. The third kappa shape index (κ3) is 3.38. The fourth-order valence-electron chi connectivity index (χ4n) is 2.06. The van der Waals surface area contributed by atoms with E-state index in [-0.39, 0.29) is 18.2 Å². The molecular formula is C14H17N3O4. The predicted molar refractivity (Wildman–Crippen MR) is 78.6 cm³/mol. The summed E-state index contributed by atoms with van der Waals surface area (Å²) in [4.78, 5) is 23.9. The van der Waals surface area contributed by atoms with Crippen molar-refractivity contribution < 1.29 is 14.5 Å². The second-order valence-corrected chi connectivity index (χ2v) is 4.71. The van der Waals surface area contributed by atoms with Gasteiger partial charge in [0.25, 0.3) is 11.6 Å². The van der Waals surface area contributed by atoms with Crippen LogP contribution in [0.25, 0.3) is 0 Å². The molecule has 0 saturated carbocycles. The molecule has 112 valence electrons. The molecule has 1 aromatic rings. The molecular weight excluding hydrogens is 274 g/mol. The lowest BCUT2D eigenvalue weighted by Crippen LogP contribution is -2.41. The molecule has 0 aliphatic carbocycles. The van der Waals surface area contributed by atoms with Crippen LogP contribution < -0.4 is 15.0 Å². The zero-order valence-corrected chi connectivity index (χ0v) is 11.8. The highest BCUT2D eigenvalue weighted by atomic mass is 16.6. The van der Waals surface area contributed by atoms with E-state index in [1.807, 2.05) is 6.92 Å². The Balaban J connectivity index is 2.26. The number of carbonyl (C=O) groups excluding carboxylic acids is 1. The average Bonchev–Trinajstić information content (AvgIpc) is 2.47. The van der Waals surface area contributed by atoms with Gasteiger partial charge in [-0.25, -0.2) is 0 Å². The van der Waals surface area contributed by atoms with Crippen LogP contribution in [0.1, 0.15) is 6.92 Å². The molecule has 1 heterocycles. The molecule has 21 heavy (non-hydrogen) atoms. The van der Waals surface area contributed by atoms with Crippen molar-refractivity contribution in [1.29, 1.82) is 0 Å². The van der Waals surface area contributed by atoms with Gasteiger partial charge in [-0.2, -0.15) is 0 Å². The van der Waals surface area contributed by atoms with Crippen molar-refractivity contribution in [2.75, 3.05) is 31.1 Å². The number of nitrogens with one attached hydrogen (secondary N) is 1. The highest BCUT2D eigenvalue weighted by molar-refractivity contribution is 5.98. The lowest BCUT2D eigenvalue weighted by molar-refractivity contribution is -0.384. The monoisotopic (exact) mass is 291 g/mol. The summed E-state index contributed by atoms with van der Waals surface area (Å²) < 4.78 is 5.30. The third-order valence-corrected chi connectivity index (χ3v) is 3.10. The van der Waals surface area contributed by atoms with E-state index in [1.165, 1.54) is 23.1 Å². The number of ether oxygens (including phenoxy) is 1. The first kappa shape index (κ1) is 15.0. The second kappa shape index (κ2) is 6.36. The zero-order chi connectivity index (χ0) is 15.4. The minimum Gasteiger partial charge on any atom is -0.482 e. The van der Waals surface area contributed by atoms with Crippen molar-refractivity contribution in [3.05, 3.63) is 40.5 Å². The van der Waals surface area contributed by atoms with Crippen LogP contribution in [-0.2, 0) is 4.79 Å². The standard InChI is InChI=1S/C14H17N3O4/c1-3-15-7-10(2)8-16-12-6-11(17(19)20)4-5-13(12)21-9-14(16)18/h4-6,15H,2-3,7-9H2,1H3. The molecule has 7 nitrogen and oxygen atoms in total. The Kier molecular flexibility index (Phi) is 4.54. The number of fused-ring (bicyclic) bond motifs is 1. The Labute approximate surface area is 122 Å². The summed E-state index contributed by atoms with van der Waals surface area (Å²) in [5.41, 5.74) is 1.16. The van der Waals surface area contributed by atoms with Gasteiger partial charge in [0.15, 0.2) is 6.61 Å². The zero-order valence-electron chi connectivity index (χ0n) is 11.8. The van der Waals surface area contributed by atoms with Gasteiger partial charge in [0, 0.05) is 25.2 Å². The maximum Gasteiger partial charge on any atom is 0.271 e. The van der Waals surface area contributed by atoms with Gasteiger partial charge in [0.05, 0.1) is 10.6 Å². The van der Waals surface area contributed by atoms with E-state index in [9.17, 15) is 14.9 Å². The van der Waals surface area contributed by atoms with Crippen LogP contribution in [0.2, 0.25) is 0 Å². The minimum absolute atomic E-state index is 0.0701. The normalized spacial score (nSPS) is 13.6. The molecule has 1 amide bonds. The smallest absolute Gasteiger partial charge is 0.271 e. The quantitative estimate of drug-likeness (QED) is 0.487. The summed E-state index contributed by atoms with van der Waals surface area (Å²) >= 11 is 0. The number of hydrogen-bond donors (Lipinski definition) is 1. The molecule has 0 unspecified atom stereocenters. The largest absolute Gasteiger partial charge is 0.482 e. The van der Waals surface area contributed by atoms with E-state index in [2.05, 4.69) is 11.9 Å². The SMILES string of the molecule is C=C(CNCC)CN1C(=O)COc2ccc([N+](=O)[O-])cc21. The van der Waals surface area contributed by atoms with Gasteiger partial charge in [0.2, 0.25) is 0 Å². The van der Waals surface area contributed by atoms with E-state index in [0.29, 0.717) is 24.5 Å². The van der Waals surface area contributed by atoms with Gasteiger partial charge in [-0.15, -0.1) is 0 Å². The van der Waals surface area contributed by atoms with Gasteiger partial charge in [-0.1, -0.05) is 13.5 Å². The third-order valence-electron chi connectivity index (χ3n) is 3.10. The Morgan fingerprint density at radius 1 is 1.57 bits per heavy atom. The lowest BCUT2D eigenvalue weighted by Gasteiger charge is -2.29. The molecule has 1 aromatic carbocycles. The number of hydrogen-bond acceptors (Lipinski definition) is 5. The molecule has 2 rings (SSSR count). The van der Waals surface area contributed by atoms with E-state index in [4.69, 9.17) is 4.74 Å². The predicted octanol–water partition coefficient (Wildman–Crippen LogP) is 1.49. The Morgan fingerprint density at radius 3 is 3.00 bits per heavy atom. The van der Waals surface area contributed by atoms with Crippen LogP contribution in [0.5, 0.6) is 5.75 Å². The number of likely N-dealkylation sites (N-methyl/N-ethyl adjacent to an activating group) is 1. The number of nitrogens with zero attached hydrogens (tertiary/aromatic N) is 2. The molecule has 1 N–H and O–H groups in total. The summed E-state index contributed by atoms with van der Waals surface area (Å²) in [5, 5.41) is 14.0. The van der Waals surface area contributed by atoms with E-state index < -0.39 is 4.92 Å². The van der Waals surface area contributed by atoms with Crippen LogP contribution in [0.4, 0.5) is 11.4 Å². The summed E-state index contributed by atoms with van der Waals surface area (Å²) in [6.07, 6.45) is 0. The number of rotatable bonds is 6. The van der Waals surface area contributed by atoms with Crippen LogP contribution >= 0.6 is 0 Å². The summed E-state index contributed by atoms with van der Waals surface area (Å²) in [6.45, 7) is 7.53. The molecule has 0 bridgehead atoms. The first-order chi connectivity index (χ1) is 10.0. The van der Waals surface area contributed by atoms with Gasteiger partial charge in [0.1, 0.15) is 5.75 Å². The van der Waals surface area contributed by atoms with Crippen LogP contribution in [0, 0.1) is 10.1 Å². The number of amides is 1. The number of nitro groups is 1. The van der Waals surface area contributed by atoms with Gasteiger partial charge in [-0.3, -0.25) is 14.9 Å². The molecule has 0 aromatic heterocycles. The maximum absolute atomic E-state index is 12.0. The lowest BCUT2D eigenvalue weighted by atomic mass is 10.1. The fourth-order valence-corrected chi connectivity index (χ4v) is 2.06. The Bertz CT molecular complexity index is 586. The summed E-state index contributed by atoms with van der Waals surface area (Å²) in [6, 6.07) is 4.23. The highest BCUT2D eigenvalue weighted by Gasteiger charge is 2.27.